The summed E-state index contributed by atoms with van der Waals surface area (Å²) in [5, 5.41) is 7.14. The number of para-hydroxylation sites is 4. The van der Waals surface area contributed by atoms with Gasteiger partial charge in [0.1, 0.15) is 11.2 Å². The van der Waals surface area contributed by atoms with Gasteiger partial charge in [0.15, 0.2) is 0 Å². The molecule has 0 saturated carbocycles. The predicted molar refractivity (Wildman–Crippen MR) is 242 cm³/mol. The Morgan fingerprint density at radius 2 is 0.707 bits per heavy atom. The molecule has 58 heavy (non-hydrogen) atoms. The van der Waals surface area contributed by atoms with Crippen LogP contribution in [0.1, 0.15) is 0 Å². The van der Waals surface area contributed by atoms with Crippen molar-refractivity contribution in [2.75, 3.05) is 0 Å². The molecule has 0 aliphatic rings. The monoisotopic (exact) mass is 760 g/mol. The SMILES string of the molecule is c1ccc(S(c2ccccc2)(c2ccc(-n3c4ccccc4c4ccccc43)cc2)c2ccc(-n3c4ccccc4c4c5oc6ccccc6c5ccc43)cc2)cc1. The first kappa shape index (κ1) is 32.9. The number of hydrogen-bond donors (Lipinski definition) is 0. The van der Waals surface area contributed by atoms with Gasteiger partial charge in [-0.05, 0) is 109 Å². The zero-order valence-electron chi connectivity index (χ0n) is 31.5. The average molecular weight is 761 g/mol. The Balaban J connectivity index is 1.06. The largest absolute Gasteiger partial charge is 0.455 e. The van der Waals surface area contributed by atoms with Crippen LogP contribution in [0.15, 0.2) is 242 Å². The lowest BCUT2D eigenvalue weighted by molar-refractivity contribution is 0.673. The fourth-order valence-electron chi connectivity index (χ4n) is 9.38. The molecule has 0 saturated heterocycles. The van der Waals surface area contributed by atoms with Crippen molar-refractivity contribution >= 4 is 75.6 Å². The minimum atomic E-state index is -1.93. The second-order valence-electron chi connectivity index (χ2n) is 14.9. The van der Waals surface area contributed by atoms with E-state index in [1.54, 1.807) is 0 Å². The third-order valence-electron chi connectivity index (χ3n) is 11.9. The number of benzene rings is 9. The summed E-state index contributed by atoms with van der Waals surface area (Å²) in [7, 11) is -1.93. The van der Waals surface area contributed by atoms with Gasteiger partial charge in [-0.25, -0.2) is 0 Å². The number of aromatic nitrogens is 2. The smallest absolute Gasteiger partial charge is 0.145 e. The summed E-state index contributed by atoms with van der Waals surface area (Å²) in [6.45, 7) is 0. The Hall–Kier alpha value is -7.27. The summed E-state index contributed by atoms with van der Waals surface area (Å²) in [4.78, 5) is 5.15. The number of nitrogens with zero attached hydrogens (tertiary/aromatic N) is 2. The van der Waals surface area contributed by atoms with Crippen LogP contribution in [0.25, 0.3) is 76.9 Å². The van der Waals surface area contributed by atoms with Crippen molar-refractivity contribution in [1.82, 2.24) is 9.13 Å². The van der Waals surface area contributed by atoms with E-state index in [0.29, 0.717) is 0 Å². The Bertz CT molecular complexity index is 3390. The van der Waals surface area contributed by atoms with Gasteiger partial charge in [-0.3, -0.25) is 0 Å². The lowest BCUT2D eigenvalue weighted by Gasteiger charge is -2.42. The van der Waals surface area contributed by atoms with Crippen LogP contribution in [0.2, 0.25) is 0 Å². The fourth-order valence-corrected chi connectivity index (χ4v) is 13.2. The van der Waals surface area contributed by atoms with Crippen LogP contribution in [0.5, 0.6) is 0 Å². The minimum absolute atomic E-state index is 0.912. The minimum Gasteiger partial charge on any atom is -0.455 e. The van der Waals surface area contributed by atoms with E-state index in [2.05, 4.69) is 221 Å². The van der Waals surface area contributed by atoms with E-state index in [1.807, 2.05) is 6.07 Å². The summed E-state index contributed by atoms with van der Waals surface area (Å²) in [6, 6.07) is 79.8. The van der Waals surface area contributed by atoms with Crippen molar-refractivity contribution in [2.45, 2.75) is 19.6 Å². The van der Waals surface area contributed by atoms with Crippen LogP contribution in [0.3, 0.4) is 0 Å². The summed E-state index contributed by atoms with van der Waals surface area (Å²) in [6.07, 6.45) is 0. The summed E-state index contributed by atoms with van der Waals surface area (Å²) in [5.74, 6) is 0. The molecule has 0 aliphatic heterocycles. The zero-order chi connectivity index (χ0) is 38.2. The van der Waals surface area contributed by atoms with Crippen molar-refractivity contribution in [2.24, 2.45) is 0 Å². The molecule has 4 heteroatoms. The van der Waals surface area contributed by atoms with Crippen molar-refractivity contribution in [3.63, 3.8) is 0 Å². The molecule has 0 spiro atoms. The zero-order valence-corrected chi connectivity index (χ0v) is 32.3. The quantitative estimate of drug-likeness (QED) is 0.166. The maximum Gasteiger partial charge on any atom is 0.145 e. The standard InChI is InChI=1S/C54H36N2OS/c1-3-15-39(16-4-1)58(40-17-5-2-6-18-40,41-31-27-37(28-32-41)55-48-23-11-7-19-43(48)44-20-8-12-24-49(44)55)42-33-29-38(30-34-42)56-50-25-13-9-22-47(50)53-51(56)36-35-46-45-21-10-14-26-52(45)57-54(46)53/h1-36H. The van der Waals surface area contributed by atoms with E-state index in [9.17, 15) is 0 Å². The van der Waals surface area contributed by atoms with Crippen LogP contribution in [0.4, 0.5) is 0 Å². The number of fused-ring (bicyclic) bond motifs is 10. The van der Waals surface area contributed by atoms with Crippen LogP contribution >= 0.6 is 10.0 Å². The van der Waals surface area contributed by atoms with Gasteiger partial charge in [-0.2, -0.15) is 0 Å². The first-order valence-corrected chi connectivity index (χ1v) is 21.4. The van der Waals surface area contributed by atoms with E-state index < -0.39 is 10.0 Å². The van der Waals surface area contributed by atoms with Crippen LogP contribution < -0.4 is 0 Å². The van der Waals surface area contributed by atoms with Gasteiger partial charge in [-0.1, -0.05) is 109 Å². The predicted octanol–water partition coefficient (Wildman–Crippen LogP) is 15.1. The van der Waals surface area contributed by atoms with Crippen LogP contribution in [-0.2, 0) is 0 Å². The third kappa shape index (κ3) is 4.70. The van der Waals surface area contributed by atoms with Crippen LogP contribution in [-0.4, -0.2) is 9.13 Å². The molecular formula is C54H36N2OS. The molecule has 0 radical (unpaired) electrons. The first-order chi connectivity index (χ1) is 28.8. The lowest BCUT2D eigenvalue weighted by atomic mass is 10.1. The van der Waals surface area contributed by atoms with Crippen molar-refractivity contribution in [1.29, 1.82) is 0 Å². The third-order valence-corrected chi connectivity index (χ3v) is 15.8. The molecule has 12 rings (SSSR count). The summed E-state index contributed by atoms with van der Waals surface area (Å²) >= 11 is 0. The Labute approximate surface area is 336 Å². The fraction of sp³-hybridized carbons (Fsp3) is 0. The Morgan fingerprint density at radius 1 is 0.293 bits per heavy atom. The van der Waals surface area contributed by atoms with Crippen molar-refractivity contribution < 1.29 is 4.42 Å². The van der Waals surface area contributed by atoms with Gasteiger partial charge in [-0.15, -0.1) is 10.0 Å². The molecule has 0 atom stereocenters. The average Bonchev–Trinajstić information content (AvgIpc) is 3.96. The molecule has 0 N–H and O–H groups in total. The van der Waals surface area contributed by atoms with E-state index in [4.69, 9.17) is 4.42 Å². The molecule has 3 aromatic heterocycles. The molecule has 0 unspecified atom stereocenters. The topological polar surface area (TPSA) is 23.0 Å². The van der Waals surface area contributed by atoms with Gasteiger partial charge in [0.05, 0.1) is 27.5 Å². The molecule has 0 amide bonds. The first-order valence-electron chi connectivity index (χ1n) is 19.8. The molecule has 0 fully saturated rings. The Morgan fingerprint density at radius 3 is 1.26 bits per heavy atom. The van der Waals surface area contributed by atoms with Gasteiger partial charge in [0.25, 0.3) is 0 Å². The summed E-state index contributed by atoms with van der Waals surface area (Å²) < 4.78 is 11.4. The molecule has 0 aliphatic carbocycles. The van der Waals surface area contributed by atoms with Gasteiger partial charge in [0, 0.05) is 57.9 Å². The highest BCUT2D eigenvalue weighted by Crippen LogP contribution is 2.73. The van der Waals surface area contributed by atoms with Crippen molar-refractivity contribution in [3.05, 3.63) is 218 Å². The highest BCUT2D eigenvalue weighted by atomic mass is 32.3. The van der Waals surface area contributed by atoms with Gasteiger partial charge >= 0.3 is 0 Å². The van der Waals surface area contributed by atoms with E-state index in [0.717, 1.165) is 49.7 Å². The molecule has 9 aromatic carbocycles. The second-order valence-corrected chi connectivity index (χ2v) is 18.0. The number of rotatable bonds is 6. The highest BCUT2D eigenvalue weighted by molar-refractivity contribution is 8.34. The summed E-state index contributed by atoms with van der Waals surface area (Å²) in [5.41, 5.74) is 8.82. The van der Waals surface area contributed by atoms with Gasteiger partial charge < -0.3 is 13.6 Å². The molecule has 3 nitrogen and oxygen atoms in total. The molecule has 12 aromatic rings. The van der Waals surface area contributed by atoms with Crippen LogP contribution in [0, 0.1) is 0 Å². The second kappa shape index (κ2) is 12.9. The van der Waals surface area contributed by atoms with Gasteiger partial charge in [0.2, 0.25) is 0 Å². The Kier molecular flexibility index (Phi) is 7.31. The van der Waals surface area contributed by atoms with E-state index in [-0.39, 0.29) is 0 Å². The maximum absolute atomic E-state index is 6.60. The molecular weight excluding hydrogens is 725 g/mol. The van der Waals surface area contributed by atoms with E-state index in [1.165, 1.54) is 46.8 Å². The lowest BCUT2D eigenvalue weighted by Crippen LogP contribution is -2.06. The van der Waals surface area contributed by atoms with E-state index >= 15 is 0 Å². The molecule has 274 valence electrons. The number of furan rings is 1. The van der Waals surface area contributed by atoms with Crippen molar-refractivity contribution in [3.8, 4) is 11.4 Å². The highest BCUT2D eigenvalue weighted by Gasteiger charge is 2.33. The maximum atomic E-state index is 6.60. The normalized spacial score (nSPS) is 12.4. The molecule has 0 bridgehead atoms. The molecule has 3 heterocycles. The number of hydrogen-bond acceptors (Lipinski definition) is 1.